The number of hydrogen-bond acceptors (Lipinski definition) is 2. The van der Waals surface area contributed by atoms with Crippen molar-refractivity contribution >= 4 is 21.9 Å². The normalized spacial score (nSPS) is 10.7. The molecule has 76 valence electrons. The van der Waals surface area contributed by atoms with Gasteiger partial charge in [0.2, 0.25) is 0 Å². The van der Waals surface area contributed by atoms with Gasteiger partial charge < -0.3 is 4.42 Å². The van der Waals surface area contributed by atoms with Crippen LogP contribution >= 0.6 is 0 Å². The van der Waals surface area contributed by atoms with Gasteiger partial charge in [0, 0.05) is 10.8 Å². The standard InChI is InChI=1S/C14H9NO/c15-8-7-10-5-6-14-12(9-10)11-3-1-2-4-13(11)16-14/h1-6,9H,7H2. The van der Waals surface area contributed by atoms with Gasteiger partial charge in [0.1, 0.15) is 11.2 Å². The smallest absolute Gasteiger partial charge is 0.135 e. The molecule has 0 saturated carbocycles. The molecular formula is C14H9NO. The highest BCUT2D eigenvalue weighted by molar-refractivity contribution is 6.04. The van der Waals surface area contributed by atoms with Crippen LogP contribution in [0.5, 0.6) is 0 Å². The fraction of sp³-hybridized carbons (Fsp3) is 0.0714. The first-order valence-corrected chi connectivity index (χ1v) is 5.15. The topological polar surface area (TPSA) is 36.9 Å². The molecule has 0 bridgehead atoms. The van der Waals surface area contributed by atoms with Crippen LogP contribution in [0.3, 0.4) is 0 Å². The average molecular weight is 207 g/mol. The van der Waals surface area contributed by atoms with Crippen molar-refractivity contribution in [1.82, 2.24) is 0 Å². The zero-order chi connectivity index (χ0) is 11.0. The van der Waals surface area contributed by atoms with Crippen LogP contribution in [0.25, 0.3) is 21.9 Å². The predicted octanol–water partition coefficient (Wildman–Crippen LogP) is 3.65. The molecule has 0 saturated heterocycles. The van der Waals surface area contributed by atoms with E-state index in [1.807, 2.05) is 42.5 Å². The van der Waals surface area contributed by atoms with Gasteiger partial charge in [-0.2, -0.15) is 5.26 Å². The number of benzene rings is 2. The van der Waals surface area contributed by atoms with Gasteiger partial charge in [-0.15, -0.1) is 0 Å². The summed E-state index contributed by atoms with van der Waals surface area (Å²) in [4.78, 5) is 0. The summed E-state index contributed by atoms with van der Waals surface area (Å²) < 4.78 is 5.70. The maximum absolute atomic E-state index is 8.68. The molecule has 0 fully saturated rings. The molecule has 2 heteroatoms. The maximum Gasteiger partial charge on any atom is 0.135 e. The summed E-state index contributed by atoms with van der Waals surface area (Å²) in [6.07, 6.45) is 0.440. The molecule has 0 unspecified atom stereocenters. The van der Waals surface area contributed by atoms with Crippen molar-refractivity contribution in [2.75, 3.05) is 0 Å². The van der Waals surface area contributed by atoms with Crippen LogP contribution < -0.4 is 0 Å². The number of nitriles is 1. The van der Waals surface area contributed by atoms with Gasteiger partial charge in [-0.25, -0.2) is 0 Å². The summed E-state index contributed by atoms with van der Waals surface area (Å²) in [7, 11) is 0. The van der Waals surface area contributed by atoms with E-state index in [0.29, 0.717) is 6.42 Å². The fourth-order valence-electron chi connectivity index (χ4n) is 1.97. The predicted molar refractivity (Wildman–Crippen MR) is 63.0 cm³/mol. The summed E-state index contributed by atoms with van der Waals surface area (Å²) >= 11 is 0. The Labute approximate surface area is 92.7 Å². The summed E-state index contributed by atoms with van der Waals surface area (Å²) in [5.74, 6) is 0. The molecule has 0 spiro atoms. The van der Waals surface area contributed by atoms with Crippen molar-refractivity contribution in [3.05, 3.63) is 48.0 Å². The Kier molecular flexibility index (Phi) is 1.91. The van der Waals surface area contributed by atoms with Crippen molar-refractivity contribution in [2.24, 2.45) is 0 Å². The Hall–Kier alpha value is -2.27. The van der Waals surface area contributed by atoms with Crippen molar-refractivity contribution in [3.8, 4) is 6.07 Å². The second kappa shape index (κ2) is 3.39. The molecule has 1 heterocycles. The van der Waals surface area contributed by atoms with Gasteiger partial charge in [-0.3, -0.25) is 0 Å². The molecule has 0 aliphatic rings. The second-order valence-electron chi connectivity index (χ2n) is 3.76. The minimum atomic E-state index is 0.440. The highest BCUT2D eigenvalue weighted by Gasteiger charge is 2.06. The Morgan fingerprint density at radius 2 is 1.81 bits per heavy atom. The molecule has 2 nitrogen and oxygen atoms in total. The second-order valence-corrected chi connectivity index (χ2v) is 3.76. The quantitative estimate of drug-likeness (QED) is 0.610. The number of fused-ring (bicyclic) bond motifs is 3. The lowest BCUT2D eigenvalue weighted by Crippen LogP contribution is -1.79. The van der Waals surface area contributed by atoms with Crippen molar-refractivity contribution < 1.29 is 4.42 Å². The van der Waals surface area contributed by atoms with Crippen molar-refractivity contribution in [1.29, 1.82) is 5.26 Å². The van der Waals surface area contributed by atoms with Gasteiger partial charge in [0.25, 0.3) is 0 Å². The summed E-state index contributed by atoms with van der Waals surface area (Å²) in [6, 6.07) is 16.0. The Morgan fingerprint density at radius 3 is 2.69 bits per heavy atom. The van der Waals surface area contributed by atoms with Gasteiger partial charge in [0.15, 0.2) is 0 Å². The van der Waals surface area contributed by atoms with Gasteiger partial charge in [-0.05, 0) is 23.8 Å². The molecule has 2 aromatic carbocycles. The lowest BCUT2D eigenvalue weighted by molar-refractivity contribution is 0.669. The first-order valence-electron chi connectivity index (χ1n) is 5.15. The third-order valence-corrected chi connectivity index (χ3v) is 2.72. The lowest BCUT2D eigenvalue weighted by Gasteiger charge is -1.93. The molecule has 0 aliphatic carbocycles. The van der Waals surface area contributed by atoms with E-state index >= 15 is 0 Å². The van der Waals surface area contributed by atoms with E-state index in [1.165, 1.54) is 0 Å². The van der Waals surface area contributed by atoms with Gasteiger partial charge in [-0.1, -0.05) is 24.3 Å². The maximum atomic E-state index is 8.68. The third kappa shape index (κ3) is 1.26. The Morgan fingerprint density at radius 1 is 1.00 bits per heavy atom. The van der Waals surface area contributed by atoms with Crippen LogP contribution in [-0.4, -0.2) is 0 Å². The van der Waals surface area contributed by atoms with E-state index in [9.17, 15) is 0 Å². The van der Waals surface area contributed by atoms with Crippen LogP contribution in [0.1, 0.15) is 5.56 Å². The zero-order valence-electron chi connectivity index (χ0n) is 8.60. The molecule has 0 N–H and O–H groups in total. The van der Waals surface area contributed by atoms with Crippen LogP contribution in [0, 0.1) is 11.3 Å². The van der Waals surface area contributed by atoms with Gasteiger partial charge in [0.05, 0.1) is 12.5 Å². The van der Waals surface area contributed by atoms with E-state index in [0.717, 1.165) is 27.5 Å². The van der Waals surface area contributed by atoms with E-state index in [2.05, 4.69) is 6.07 Å². The number of furan rings is 1. The highest BCUT2D eigenvalue weighted by Crippen LogP contribution is 2.29. The van der Waals surface area contributed by atoms with Crippen molar-refractivity contribution in [2.45, 2.75) is 6.42 Å². The number of hydrogen-bond donors (Lipinski definition) is 0. The highest BCUT2D eigenvalue weighted by atomic mass is 16.3. The van der Waals surface area contributed by atoms with Crippen LogP contribution in [0.4, 0.5) is 0 Å². The van der Waals surface area contributed by atoms with Crippen molar-refractivity contribution in [3.63, 3.8) is 0 Å². The lowest BCUT2D eigenvalue weighted by atomic mass is 10.1. The van der Waals surface area contributed by atoms with Crippen LogP contribution in [0.15, 0.2) is 46.9 Å². The van der Waals surface area contributed by atoms with E-state index in [-0.39, 0.29) is 0 Å². The van der Waals surface area contributed by atoms with Gasteiger partial charge >= 0.3 is 0 Å². The molecule has 0 atom stereocenters. The fourth-order valence-corrected chi connectivity index (χ4v) is 1.97. The molecule has 3 aromatic rings. The zero-order valence-corrected chi connectivity index (χ0v) is 8.60. The monoisotopic (exact) mass is 207 g/mol. The SMILES string of the molecule is N#CCc1ccc2oc3ccccc3c2c1. The number of rotatable bonds is 1. The average Bonchev–Trinajstić information content (AvgIpc) is 2.68. The minimum absolute atomic E-state index is 0.440. The largest absolute Gasteiger partial charge is 0.456 e. The van der Waals surface area contributed by atoms with Crippen LogP contribution in [0.2, 0.25) is 0 Å². The minimum Gasteiger partial charge on any atom is -0.456 e. The first-order chi connectivity index (χ1) is 7.88. The molecular weight excluding hydrogens is 198 g/mol. The number of nitrogens with zero attached hydrogens (tertiary/aromatic N) is 1. The molecule has 1 aromatic heterocycles. The van der Waals surface area contributed by atoms with Crippen LogP contribution in [-0.2, 0) is 6.42 Å². The summed E-state index contributed by atoms with van der Waals surface area (Å²) in [5.41, 5.74) is 2.80. The van der Waals surface area contributed by atoms with E-state index < -0.39 is 0 Å². The Balaban J connectivity index is 2.36. The van der Waals surface area contributed by atoms with E-state index in [1.54, 1.807) is 0 Å². The summed E-state index contributed by atoms with van der Waals surface area (Å²) in [5, 5.41) is 10.9. The third-order valence-electron chi connectivity index (χ3n) is 2.72. The molecule has 0 aliphatic heterocycles. The molecule has 0 radical (unpaired) electrons. The molecule has 16 heavy (non-hydrogen) atoms. The summed E-state index contributed by atoms with van der Waals surface area (Å²) in [6.45, 7) is 0. The Bertz CT molecular complexity index is 703. The molecule has 3 rings (SSSR count). The van der Waals surface area contributed by atoms with E-state index in [4.69, 9.17) is 9.68 Å². The molecule has 0 amide bonds. The number of para-hydroxylation sites is 1. The first kappa shape index (κ1) is 8.99.